The third kappa shape index (κ3) is 5.59. The van der Waals surface area contributed by atoms with Gasteiger partial charge in [-0.05, 0) is 124 Å². The number of hydrogen-bond donors (Lipinski definition) is 6. The topological polar surface area (TPSA) is 140 Å². The summed E-state index contributed by atoms with van der Waals surface area (Å²) in [6.45, 7) is 17.8. The predicted octanol–water partition coefficient (Wildman–Crippen LogP) is 4.37. The Balaban J connectivity index is 1.44. The summed E-state index contributed by atoms with van der Waals surface area (Å²) in [7, 11) is 0. The maximum absolute atomic E-state index is 12.3. The van der Waals surface area contributed by atoms with Crippen molar-refractivity contribution >= 4 is 0 Å². The SMILES string of the molecule is CC(C)=CCC[C@](C)(OCC1OC(CO)[C@H](O)[C@H](O)[C@@H]1O)C1CC[C@]2(C)C1[C@H](O)CC1[C@@]3(C)CCC(O)C(C)(C)C3CC[C@]12C. The minimum atomic E-state index is -1.43. The molecule has 0 bridgehead atoms. The molecule has 4 saturated carbocycles. The molecule has 7 unspecified atom stereocenters. The molecule has 0 spiro atoms. The summed E-state index contributed by atoms with van der Waals surface area (Å²) in [4.78, 5) is 0. The lowest BCUT2D eigenvalue weighted by Gasteiger charge is -2.70. The van der Waals surface area contributed by atoms with Gasteiger partial charge in [-0.3, -0.25) is 0 Å². The first-order chi connectivity index (χ1) is 20.9. The predicted molar refractivity (Wildman–Crippen MR) is 173 cm³/mol. The van der Waals surface area contributed by atoms with Crippen LogP contribution in [0.3, 0.4) is 0 Å². The van der Waals surface area contributed by atoms with Crippen LogP contribution in [0.1, 0.15) is 113 Å². The highest BCUT2D eigenvalue weighted by Gasteiger charge is 2.71. The van der Waals surface area contributed by atoms with E-state index in [-0.39, 0.29) is 46.2 Å². The van der Waals surface area contributed by atoms with Crippen molar-refractivity contribution in [2.24, 2.45) is 45.3 Å². The molecule has 1 saturated heterocycles. The normalized spacial score (nSPS) is 50.6. The molecular formula is C37H64O8. The van der Waals surface area contributed by atoms with Crippen LogP contribution in [0.25, 0.3) is 0 Å². The molecule has 1 heterocycles. The molecule has 15 atom stereocenters. The zero-order valence-electron chi connectivity index (χ0n) is 29.2. The van der Waals surface area contributed by atoms with Gasteiger partial charge in [0.15, 0.2) is 0 Å². The smallest absolute Gasteiger partial charge is 0.111 e. The highest BCUT2D eigenvalue weighted by molar-refractivity contribution is 5.20. The number of ether oxygens (including phenoxy) is 2. The molecule has 6 N–H and O–H groups in total. The average molecular weight is 637 g/mol. The van der Waals surface area contributed by atoms with Crippen molar-refractivity contribution in [3.8, 4) is 0 Å². The Hall–Kier alpha value is -0.580. The largest absolute Gasteiger partial charge is 0.394 e. The van der Waals surface area contributed by atoms with Gasteiger partial charge in [-0.2, -0.15) is 0 Å². The molecule has 5 aliphatic rings. The monoisotopic (exact) mass is 636 g/mol. The molecule has 0 aromatic rings. The van der Waals surface area contributed by atoms with Crippen molar-refractivity contribution in [3.63, 3.8) is 0 Å². The Bertz CT molecular complexity index is 1090. The summed E-state index contributed by atoms with van der Waals surface area (Å²) in [5.74, 6) is 0.929. The van der Waals surface area contributed by atoms with Gasteiger partial charge in [-0.25, -0.2) is 0 Å². The van der Waals surface area contributed by atoms with Crippen LogP contribution in [0.4, 0.5) is 0 Å². The van der Waals surface area contributed by atoms with Gasteiger partial charge in [0.2, 0.25) is 0 Å². The molecule has 4 aliphatic carbocycles. The van der Waals surface area contributed by atoms with Crippen LogP contribution in [-0.2, 0) is 9.47 Å². The van der Waals surface area contributed by atoms with Crippen molar-refractivity contribution in [3.05, 3.63) is 11.6 Å². The maximum Gasteiger partial charge on any atom is 0.111 e. The molecule has 5 rings (SSSR count). The third-order valence-corrected chi connectivity index (χ3v) is 14.9. The molecule has 45 heavy (non-hydrogen) atoms. The number of rotatable bonds is 8. The summed E-state index contributed by atoms with van der Waals surface area (Å²) in [5.41, 5.74) is 0.494. The molecule has 8 nitrogen and oxygen atoms in total. The van der Waals surface area contributed by atoms with Crippen LogP contribution in [0.5, 0.6) is 0 Å². The van der Waals surface area contributed by atoms with E-state index >= 15 is 0 Å². The Morgan fingerprint density at radius 3 is 2.13 bits per heavy atom. The van der Waals surface area contributed by atoms with Gasteiger partial charge in [0, 0.05) is 0 Å². The van der Waals surface area contributed by atoms with Crippen molar-refractivity contribution in [2.45, 2.75) is 162 Å². The summed E-state index contributed by atoms with van der Waals surface area (Å²) in [6, 6.07) is 0. The van der Waals surface area contributed by atoms with Crippen LogP contribution < -0.4 is 0 Å². The molecule has 8 heteroatoms. The van der Waals surface area contributed by atoms with Gasteiger partial charge in [0.1, 0.15) is 30.5 Å². The highest BCUT2D eigenvalue weighted by atomic mass is 16.6. The van der Waals surface area contributed by atoms with Gasteiger partial charge < -0.3 is 40.1 Å². The van der Waals surface area contributed by atoms with Crippen molar-refractivity contribution < 1.29 is 40.1 Å². The first kappa shape index (κ1) is 35.7. The Morgan fingerprint density at radius 1 is 0.844 bits per heavy atom. The van der Waals surface area contributed by atoms with Crippen LogP contribution in [0, 0.1) is 45.3 Å². The highest BCUT2D eigenvalue weighted by Crippen LogP contribution is 2.76. The molecule has 0 aromatic carbocycles. The summed E-state index contributed by atoms with van der Waals surface area (Å²) in [6.07, 6.45) is 3.73. The minimum Gasteiger partial charge on any atom is -0.394 e. The fraction of sp³-hybridized carbons (Fsp3) is 0.946. The first-order valence-electron chi connectivity index (χ1n) is 17.8. The standard InChI is InChI=1S/C37H64O8/c1-21(2)10-9-14-37(8,44-20-25-31(42)32(43)30(41)24(19-38)45-25)22-11-16-36(7)29(22)23(39)18-27-34(5)15-13-28(40)33(3,4)26(34)12-17-35(27,36)6/h10,22-32,38-43H,9,11-20H2,1-8H3/t22?,23-,24?,25?,26?,27?,28?,29?,30+,31-,32+,34+,35-,36-,37+/m1/s1. The second kappa shape index (κ2) is 12.4. The molecule has 0 aromatic heterocycles. The van der Waals surface area contributed by atoms with Gasteiger partial charge in [-0.15, -0.1) is 0 Å². The molecule has 0 amide bonds. The molecule has 260 valence electrons. The van der Waals surface area contributed by atoms with Crippen LogP contribution in [0.15, 0.2) is 11.6 Å². The molecule has 0 radical (unpaired) electrons. The second-order valence-electron chi connectivity index (χ2n) is 17.6. The fourth-order valence-electron chi connectivity index (χ4n) is 12.0. The Morgan fingerprint density at radius 2 is 1.49 bits per heavy atom. The van der Waals surface area contributed by atoms with E-state index in [0.717, 1.165) is 57.8 Å². The van der Waals surface area contributed by atoms with E-state index in [2.05, 4.69) is 61.5 Å². The lowest BCUT2D eigenvalue weighted by Crippen LogP contribution is -2.66. The van der Waals surface area contributed by atoms with Crippen molar-refractivity contribution in [1.29, 1.82) is 0 Å². The minimum absolute atomic E-state index is 0.0137. The summed E-state index contributed by atoms with van der Waals surface area (Å²) < 4.78 is 12.6. The van der Waals surface area contributed by atoms with E-state index in [1.807, 2.05) is 0 Å². The molecular weight excluding hydrogens is 572 g/mol. The average Bonchev–Trinajstić information content (AvgIpc) is 3.35. The van der Waals surface area contributed by atoms with E-state index in [9.17, 15) is 30.6 Å². The fourth-order valence-corrected chi connectivity index (χ4v) is 12.0. The lowest BCUT2D eigenvalue weighted by atomic mass is 9.35. The van der Waals surface area contributed by atoms with E-state index in [1.165, 1.54) is 5.57 Å². The summed E-state index contributed by atoms with van der Waals surface area (Å²) in [5, 5.41) is 64.5. The number of aliphatic hydroxyl groups excluding tert-OH is 6. The van der Waals surface area contributed by atoms with E-state index < -0.39 is 48.8 Å². The number of hydrogen-bond acceptors (Lipinski definition) is 8. The van der Waals surface area contributed by atoms with Crippen molar-refractivity contribution in [2.75, 3.05) is 13.2 Å². The van der Waals surface area contributed by atoms with Gasteiger partial charge in [0.25, 0.3) is 0 Å². The van der Waals surface area contributed by atoms with E-state index in [1.54, 1.807) is 0 Å². The van der Waals surface area contributed by atoms with Gasteiger partial charge in [0.05, 0.1) is 31.0 Å². The quantitative estimate of drug-likeness (QED) is 0.216. The van der Waals surface area contributed by atoms with Gasteiger partial charge in [-0.1, -0.05) is 46.3 Å². The van der Waals surface area contributed by atoms with Crippen LogP contribution >= 0.6 is 0 Å². The molecule has 1 aliphatic heterocycles. The van der Waals surface area contributed by atoms with Crippen molar-refractivity contribution in [1.82, 2.24) is 0 Å². The lowest BCUT2D eigenvalue weighted by molar-refractivity contribution is -0.260. The Labute approximate surface area is 271 Å². The number of allylic oxidation sites excluding steroid dienone is 2. The zero-order chi connectivity index (χ0) is 33.3. The van der Waals surface area contributed by atoms with E-state index in [4.69, 9.17) is 9.47 Å². The van der Waals surface area contributed by atoms with Crippen LogP contribution in [0.2, 0.25) is 0 Å². The first-order valence-corrected chi connectivity index (χ1v) is 17.8. The van der Waals surface area contributed by atoms with E-state index in [0.29, 0.717) is 11.8 Å². The number of fused-ring (bicyclic) bond motifs is 5. The second-order valence-corrected chi connectivity index (χ2v) is 17.6. The third-order valence-electron chi connectivity index (χ3n) is 14.9. The zero-order valence-corrected chi connectivity index (χ0v) is 29.2. The maximum atomic E-state index is 12.3. The Kier molecular flexibility index (Phi) is 9.83. The summed E-state index contributed by atoms with van der Waals surface area (Å²) >= 11 is 0. The van der Waals surface area contributed by atoms with Crippen LogP contribution in [-0.4, -0.2) is 92.2 Å². The number of aliphatic hydroxyl groups is 6. The molecule has 5 fully saturated rings. The van der Waals surface area contributed by atoms with Gasteiger partial charge >= 0.3 is 0 Å².